The number of hydrogen-bond donors (Lipinski definition) is 1. The van der Waals surface area contributed by atoms with Gasteiger partial charge in [-0.1, -0.05) is 52.0 Å². The van der Waals surface area contributed by atoms with Crippen molar-refractivity contribution in [3.63, 3.8) is 0 Å². The minimum Gasteiger partial charge on any atom is -0.317 e. The summed E-state index contributed by atoms with van der Waals surface area (Å²) in [6.07, 6.45) is 5.20. The molecule has 0 radical (unpaired) electrons. The van der Waals surface area contributed by atoms with E-state index in [0.29, 0.717) is 5.41 Å². The normalized spacial score (nSPS) is 27.7. The molecule has 1 nitrogen and oxygen atoms in total. The van der Waals surface area contributed by atoms with Crippen LogP contribution in [0.15, 0.2) is 24.3 Å². The van der Waals surface area contributed by atoms with Gasteiger partial charge in [0.1, 0.15) is 0 Å². The molecule has 1 aromatic rings. The molecule has 0 heterocycles. The lowest BCUT2D eigenvalue weighted by Crippen LogP contribution is -2.24. The van der Waals surface area contributed by atoms with Gasteiger partial charge in [-0.2, -0.15) is 0 Å². The van der Waals surface area contributed by atoms with Crippen molar-refractivity contribution in [3.8, 4) is 0 Å². The zero-order chi connectivity index (χ0) is 14.1. The molecule has 0 bridgehead atoms. The van der Waals surface area contributed by atoms with Crippen LogP contribution >= 0.6 is 0 Å². The van der Waals surface area contributed by atoms with Gasteiger partial charge in [0.2, 0.25) is 0 Å². The molecule has 0 saturated heterocycles. The lowest BCUT2D eigenvalue weighted by atomic mass is 9.80. The maximum Gasteiger partial charge on any atom is 0.00695 e. The summed E-state index contributed by atoms with van der Waals surface area (Å²) in [5, 5.41) is 3.43. The van der Waals surface area contributed by atoms with Crippen LogP contribution < -0.4 is 5.32 Å². The van der Waals surface area contributed by atoms with E-state index < -0.39 is 0 Å². The molecule has 2 atom stereocenters. The van der Waals surface area contributed by atoms with E-state index in [2.05, 4.69) is 64.3 Å². The van der Waals surface area contributed by atoms with Gasteiger partial charge in [-0.3, -0.25) is 0 Å². The van der Waals surface area contributed by atoms with Crippen LogP contribution in [0.25, 0.3) is 0 Å². The fourth-order valence-electron chi connectivity index (χ4n) is 3.34. The molecule has 1 saturated carbocycles. The Balaban J connectivity index is 2.04. The molecule has 0 amide bonds. The van der Waals surface area contributed by atoms with Crippen molar-refractivity contribution >= 4 is 0 Å². The number of hydrogen-bond acceptors (Lipinski definition) is 1. The molecule has 1 aliphatic carbocycles. The average Bonchev–Trinajstić information content (AvgIpc) is 2.70. The van der Waals surface area contributed by atoms with E-state index in [1.54, 1.807) is 0 Å². The standard InChI is InChI=1S/C18H29N/c1-17(2,3)15-8-6-14(7-9-15)12-18(4)11-10-16(13-18)19-5/h6-9,16,19H,10-13H2,1-5H3. The quantitative estimate of drug-likeness (QED) is 0.853. The minimum atomic E-state index is 0.257. The molecule has 1 aliphatic rings. The highest BCUT2D eigenvalue weighted by atomic mass is 14.9. The van der Waals surface area contributed by atoms with E-state index in [1.165, 1.54) is 36.8 Å². The van der Waals surface area contributed by atoms with Crippen LogP contribution in [0, 0.1) is 5.41 Å². The van der Waals surface area contributed by atoms with Crippen LogP contribution in [-0.2, 0) is 11.8 Å². The van der Waals surface area contributed by atoms with E-state index in [9.17, 15) is 0 Å². The third-order valence-electron chi connectivity index (χ3n) is 4.69. The van der Waals surface area contributed by atoms with Crippen molar-refractivity contribution in [2.45, 2.75) is 64.8 Å². The monoisotopic (exact) mass is 259 g/mol. The van der Waals surface area contributed by atoms with E-state index in [4.69, 9.17) is 0 Å². The van der Waals surface area contributed by atoms with Crippen LogP contribution in [-0.4, -0.2) is 13.1 Å². The van der Waals surface area contributed by atoms with Gasteiger partial charge >= 0.3 is 0 Å². The average molecular weight is 259 g/mol. The molecule has 106 valence electrons. The molecule has 0 spiro atoms. The summed E-state index contributed by atoms with van der Waals surface area (Å²) in [6.45, 7) is 9.27. The molecule has 1 N–H and O–H groups in total. The van der Waals surface area contributed by atoms with Gasteiger partial charge in [-0.05, 0) is 54.7 Å². The highest BCUT2D eigenvalue weighted by Gasteiger charge is 2.34. The molecule has 0 aromatic heterocycles. The maximum absolute atomic E-state index is 3.43. The Morgan fingerprint density at radius 2 is 1.84 bits per heavy atom. The van der Waals surface area contributed by atoms with Crippen molar-refractivity contribution in [1.82, 2.24) is 5.32 Å². The van der Waals surface area contributed by atoms with E-state index in [-0.39, 0.29) is 5.41 Å². The highest BCUT2D eigenvalue weighted by Crippen LogP contribution is 2.40. The first-order chi connectivity index (χ1) is 8.82. The van der Waals surface area contributed by atoms with Crippen molar-refractivity contribution in [3.05, 3.63) is 35.4 Å². The van der Waals surface area contributed by atoms with Crippen LogP contribution in [0.4, 0.5) is 0 Å². The Labute approximate surface area is 118 Å². The van der Waals surface area contributed by atoms with Crippen molar-refractivity contribution in [1.29, 1.82) is 0 Å². The second-order valence-corrected chi connectivity index (χ2v) is 7.66. The molecule has 0 aliphatic heterocycles. The third-order valence-corrected chi connectivity index (χ3v) is 4.69. The predicted molar refractivity (Wildman–Crippen MR) is 83.7 cm³/mol. The summed E-state index contributed by atoms with van der Waals surface area (Å²) >= 11 is 0. The Kier molecular flexibility index (Phi) is 4.06. The van der Waals surface area contributed by atoms with Gasteiger partial charge < -0.3 is 5.32 Å². The smallest absolute Gasteiger partial charge is 0.00695 e. The molecular weight excluding hydrogens is 230 g/mol. The van der Waals surface area contributed by atoms with Gasteiger partial charge in [0, 0.05) is 6.04 Å². The first-order valence-corrected chi connectivity index (χ1v) is 7.59. The topological polar surface area (TPSA) is 12.0 Å². The largest absolute Gasteiger partial charge is 0.317 e. The van der Waals surface area contributed by atoms with E-state index in [1.807, 2.05) is 0 Å². The van der Waals surface area contributed by atoms with Crippen molar-refractivity contribution < 1.29 is 0 Å². The first kappa shape index (κ1) is 14.6. The zero-order valence-electron chi connectivity index (χ0n) is 13.2. The highest BCUT2D eigenvalue weighted by molar-refractivity contribution is 5.28. The fourth-order valence-corrected chi connectivity index (χ4v) is 3.34. The van der Waals surface area contributed by atoms with Crippen molar-refractivity contribution in [2.75, 3.05) is 7.05 Å². The molecular formula is C18H29N. The zero-order valence-corrected chi connectivity index (χ0v) is 13.2. The van der Waals surface area contributed by atoms with E-state index >= 15 is 0 Å². The summed E-state index contributed by atoms with van der Waals surface area (Å²) in [7, 11) is 2.09. The second kappa shape index (κ2) is 5.28. The Morgan fingerprint density at radius 3 is 2.32 bits per heavy atom. The first-order valence-electron chi connectivity index (χ1n) is 7.59. The van der Waals surface area contributed by atoms with Crippen LogP contribution in [0.3, 0.4) is 0 Å². The van der Waals surface area contributed by atoms with Crippen molar-refractivity contribution in [2.24, 2.45) is 5.41 Å². The van der Waals surface area contributed by atoms with Crippen LogP contribution in [0.1, 0.15) is 58.1 Å². The lowest BCUT2D eigenvalue weighted by molar-refractivity contribution is 0.324. The summed E-state index contributed by atoms with van der Waals surface area (Å²) in [4.78, 5) is 0. The van der Waals surface area contributed by atoms with Gasteiger partial charge in [0.15, 0.2) is 0 Å². The fraction of sp³-hybridized carbons (Fsp3) is 0.667. The lowest BCUT2D eigenvalue weighted by Gasteiger charge is -2.25. The van der Waals surface area contributed by atoms with Gasteiger partial charge in [-0.25, -0.2) is 0 Å². The van der Waals surface area contributed by atoms with Gasteiger partial charge in [-0.15, -0.1) is 0 Å². The van der Waals surface area contributed by atoms with Crippen LogP contribution in [0.2, 0.25) is 0 Å². The van der Waals surface area contributed by atoms with E-state index in [0.717, 1.165) is 6.04 Å². The Bertz CT molecular complexity index is 412. The summed E-state index contributed by atoms with van der Waals surface area (Å²) < 4.78 is 0. The number of nitrogens with one attached hydrogen (secondary N) is 1. The van der Waals surface area contributed by atoms with Crippen LogP contribution in [0.5, 0.6) is 0 Å². The molecule has 1 heteroatoms. The minimum absolute atomic E-state index is 0.257. The SMILES string of the molecule is CNC1CCC(C)(Cc2ccc(C(C)(C)C)cc2)C1. The number of rotatable bonds is 3. The van der Waals surface area contributed by atoms with Gasteiger partial charge in [0.25, 0.3) is 0 Å². The Morgan fingerprint density at radius 1 is 1.21 bits per heavy atom. The maximum atomic E-state index is 3.43. The van der Waals surface area contributed by atoms with Gasteiger partial charge in [0.05, 0.1) is 0 Å². The molecule has 2 unspecified atom stereocenters. The summed E-state index contributed by atoms with van der Waals surface area (Å²) in [6, 6.07) is 10.0. The molecule has 19 heavy (non-hydrogen) atoms. The predicted octanol–water partition coefficient (Wildman–Crippen LogP) is 4.30. The molecule has 2 rings (SSSR count). The molecule has 1 fully saturated rings. The summed E-state index contributed by atoms with van der Waals surface area (Å²) in [5.74, 6) is 0. The summed E-state index contributed by atoms with van der Waals surface area (Å²) in [5.41, 5.74) is 3.66. The Hall–Kier alpha value is -0.820. The third kappa shape index (κ3) is 3.60. The number of benzene rings is 1. The second-order valence-electron chi connectivity index (χ2n) is 7.66. The molecule has 1 aromatic carbocycles.